The van der Waals surface area contributed by atoms with Crippen molar-refractivity contribution in [1.82, 2.24) is 30.2 Å². The third-order valence-corrected chi connectivity index (χ3v) is 16.8. The summed E-state index contributed by atoms with van der Waals surface area (Å²) in [5.74, 6) is -1.31. The molecule has 27 heteroatoms. The van der Waals surface area contributed by atoms with E-state index in [2.05, 4.69) is 65.6 Å². The van der Waals surface area contributed by atoms with E-state index in [1.54, 1.807) is 0 Å². The molecule has 402 valence electrons. The van der Waals surface area contributed by atoms with Gasteiger partial charge in [-0.3, -0.25) is 32.5 Å². The van der Waals surface area contributed by atoms with Crippen molar-refractivity contribution >= 4 is 58.0 Å². The van der Waals surface area contributed by atoms with Crippen LogP contribution in [-0.4, -0.2) is 118 Å². The van der Waals surface area contributed by atoms with Gasteiger partial charge in [0.25, 0.3) is 0 Å². The lowest BCUT2D eigenvalue weighted by molar-refractivity contribution is -0.137. The molecule has 2 aromatic heterocycles. The number of phosphoric ester groups is 3. The molecule has 3 fully saturated rings. The number of aliphatic hydroxyl groups excluding tert-OH is 2. The summed E-state index contributed by atoms with van der Waals surface area (Å²) in [6, 6.07) is 9.00. The summed E-state index contributed by atoms with van der Waals surface area (Å²) < 4.78 is 62.7. The minimum absolute atomic E-state index is 0.0331. The minimum atomic E-state index is -5.58. The number of Topliss-reactive ketones (excluding diaryl/α,β-unsaturated/α-hetero) is 1. The number of carbonyl (C=O) groups excluding carboxylic acids is 3. The first-order chi connectivity index (χ1) is 33.8. The molecular weight excluding hydrogens is 1000 g/mol. The average Bonchev–Trinajstić information content (AvgIpc) is 4.19. The molecule has 10 N–H and O–H groups in total. The van der Waals surface area contributed by atoms with Crippen LogP contribution in [0.1, 0.15) is 128 Å². The highest BCUT2D eigenvalue weighted by Crippen LogP contribution is 2.61. The number of nitrogens with one attached hydrogen (secondary N) is 2. The smallest absolute Gasteiger partial charge is 0.386 e. The number of anilines is 1. The zero-order chi connectivity index (χ0) is 52.5. The highest BCUT2D eigenvalue weighted by Gasteiger charge is 2.51. The Bertz CT molecular complexity index is 2480. The maximum Gasteiger partial charge on any atom is 0.481 e. The van der Waals surface area contributed by atoms with Crippen molar-refractivity contribution < 1.29 is 80.5 Å². The number of hydrogen-bond donors (Lipinski definition) is 9. The molecule has 2 amide bonds. The third-order valence-electron chi connectivity index (χ3n) is 13.7. The predicted octanol–water partition coefficient (Wildman–Crippen LogP) is 4.85. The summed E-state index contributed by atoms with van der Waals surface area (Å²) >= 11 is 0. The number of aromatic nitrogens is 4. The van der Waals surface area contributed by atoms with E-state index in [1.165, 1.54) is 63.5 Å². The summed E-state index contributed by atoms with van der Waals surface area (Å²) in [7, 11) is -16.4. The molecule has 1 aliphatic heterocycles. The van der Waals surface area contributed by atoms with Crippen LogP contribution in [0.15, 0.2) is 36.9 Å². The van der Waals surface area contributed by atoms with E-state index in [0.29, 0.717) is 5.41 Å². The molecule has 1 saturated heterocycles. The lowest BCUT2D eigenvalue weighted by atomic mass is 9.87. The van der Waals surface area contributed by atoms with Gasteiger partial charge in [0.05, 0.1) is 19.5 Å². The van der Waals surface area contributed by atoms with Gasteiger partial charge < -0.3 is 50.9 Å². The van der Waals surface area contributed by atoms with Gasteiger partial charge in [-0.25, -0.2) is 28.6 Å². The van der Waals surface area contributed by atoms with E-state index in [9.17, 15) is 57.9 Å². The average molecular weight is 1070 g/mol. The van der Waals surface area contributed by atoms with Crippen LogP contribution in [0, 0.1) is 16.2 Å². The number of rotatable bonds is 32. The number of benzene rings is 1. The predicted molar refractivity (Wildman–Crippen MR) is 259 cm³/mol. The monoisotopic (exact) mass is 1070 g/mol. The first kappa shape index (κ1) is 57.7. The number of ether oxygens (including phenoxy) is 1. The number of ketones is 1. The molecule has 1 aromatic carbocycles. The van der Waals surface area contributed by atoms with E-state index in [1.807, 2.05) is 0 Å². The largest absolute Gasteiger partial charge is 0.481 e. The second-order valence-electron chi connectivity index (χ2n) is 20.3. The van der Waals surface area contributed by atoms with Crippen LogP contribution >= 0.6 is 23.5 Å². The molecule has 7 atom stereocenters. The fourth-order valence-corrected chi connectivity index (χ4v) is 11.5. The summed E-state index contributed by atoms with van der Waals surface area (Å²) in [5.41, 5.74) is 7.36. The van der Waals surface area contributed by atoms with E-state index in [0.717, 1.165) is 68.6 Å². The van der Waals surface area contributed by atoms with E-state index in [4.69, 9.17) is 19.5 Å². The molecule has 0 radical (unpaired) electrons. The number of aryl methyl sites for hydroxylation is 2. The molecule has 2 aliphatic carbocycles. The van der Waals surface area contributed by atoms with Gasteiger partial charge in [-0.15, -0.1) is 0 Å². The number of carbonyl (C=O) groups is 3. The van der Waals surface area contributed by atoms with E-state index in [-0.39, 0.29) is 54.1 Å². The van der Waals surface area contributed by atoms with Crippen molar-refractivity contribution in [3.63, 3.8) is 0 Å². The topological polar surface area (TPSA) is 364 Å². The number of amides is 2. The standard InChI is InChI=1S/C45H70N7O17P3/c1-43(2,27-66-72(63,64)69-71(61,62)65-26-32-37(68-70(58,59)60)36(55)42(67-32)52-29-51-35-39(46)49-28-50-40(35)52)38(56)41(57)48-25-17-34(54)47-24-16-33(53)45(22-23-45)19-9-5-7-11-31-14-12-30(13-15-31)10-6-4-8-18-44(3)20-21-44/h12-15,28-29,32,36-38,42,55-56H,4-11,16-27H2,1-3H3,(H,47,54)(H,48,57)(H,61,62)(H,63,64)(H2,46,49,50)(H2,58,59,60). The molecule has 3 aromatic rings. The van der Waals surface area contributed by atoms with Gasteiger partial charge in [0.1, 0.15) is 42.0 Å². The number of imidazole rings is 1. The Morgan fingerprint density at radius 2 is 1.47 bits per heavy atom. The van der Waals surface area contributed by atoms with Crippen LogP contribution in [0.2, 0.25) is 0 Å². The second kappa shape index (κ2) is 24.4. The summed E-state index contributed by atoms with van der Waals surface area (Å²) in [6.07, 6.45) is 9.03. The van der Waals surface area contributed by atoms with Gasteiger partial charge in [0.2, 0.25) is 11.8 Å². The van der Waals surface area contributed by atoms with Crippen LogP contribution in [0.4, 0.5) is 5.82 Å². The van der Waals surface area contributed by atoms with Crippen molar-refractivity contribution in [1.29, 1.82) is 0 Å². The van der Waals surface area contributed by atoms with Gasteiger partial charge in [-0.05, 0) is 80.8 Å². The zero-order valence-corrected chi connectivity index (χ0v) is 43.6. The lowest BCUT2D eigenvalue weighted by Crippen LogP contribution is -2.46. The van der Waals surface area contributed by atoms with Crippen molar-refractivity contribution in [2.45, 2.75) is 154 Å². The van der Waals surface area contributed by atoms with Gasteiger partial charge in [0, 0.05) is 36.8 Å². The van der Waals surface area contributed by atoms with E-state index < -0.39 is 84.6 Å². The molecule has 0 bridgehead atoms. The maximum absolute atomic E-state index is 13.1. The Morgan fingerprint density at radius 1 is 0.861 bits per heavy atom. The van der Waals surface area contributed by atoms with Crippen molar-refractivity contribution in [3.05, 3.63) is 48.0 Å². The lowest BCUT2D eigenvalue weighted by Gasteiger charge is -2.30. The van der Waals surface area contributed by atoms with Gasteiger partial charge in [-0.2, -0.15) is 4.31 Å². The fraction of sp³-hybridized carbons (Fsp3) is 0.689. The van der Waals surface area contributed by atoms with Crippen LogP contribution < -0.4 is 16.4 Å². The minimum Gasteiger partial charge on any atom is -0.386 e. The molecule has 24 nitrogen and oxygen atoms in total. The Kier molecular flexibility index (Phi) is 19.6. The summed E-state index contributed by atoms with van der Waals surface area (Å²) in [6.45, 7) is 2.86. The highest BCUT2D eigenvalue weighted by atomic mass is 31.3. The van der Waals surface area contributed by atoms with Crippen LogP contribution in [0.3, 0.4) is 0 Å². The Labute approximate surface area is 418 Å². The Morgan fingerprint density at radius 3 is 2.08 bits per heavy atom. The van der Waals surface area contributed by atoms with Crippen LogP contribution in [0.25, 0.3) is 11.2 Å². The normalized spacial score (nSPS) is 22.5. The number of nitrogen functional groups attached to an aromatic ring is 1. The number of fused-ring (bicyclic) bond motifs is 1. The third kappa shape index (κ3) is 17.0. The number of nitrogens with zero attached hydrogens (tertiary/aromatic N) is 4. The first-order valence-corrected chi connectivity index (χ1v) is 28.8. The molecule has 3 aliphatic rings. The number of phosphoric acid groups is 3. The number of hydrogen-bond acceptors (Lipinski definition) is 17. The van der Waals surface area contributed by atoms with E-state index >= 15 is 0 Å². The van der Waals surface area contributed by atoms with Crippen molar-refractivity contribution in [2.75, 3.05) is 32.0 Å². The SMILES string of the molecule is CC1(CCCCCc2ccc(CCCCCC3(C(=O)CCNC(=O)CCNC(=O)C(O)C(C)(C)COP(=O)(O)OP(=O)(O)OCC4OC(n5cnc6c(N)ncnc65)C(O)C4OP(=O)(O)O)CC3)cc2)CC1. The second-order valence-corrected chi connectivity index (χ2v) is 24.5. The van der Waals surface area contributed by atoms with Crippen molar-refractivity contribution in [2.24, 2.45) is 16.2 Å². The zero-order valence-electron chi connectivity index (χ0n) is 40.9. The highest BCUT2D eigenvalue weighted by molar-refractivity contribution is 7.61. The molecule has 0 spiro atoms. The molecule has 7 unspecified atom stereocenters. The Hall–Kier alpha value is -3.57. The summed E-state index contributed by atoms with van der Waals surface area (Å²) in [4.78, 5) is 89.7. The maximum atomic E-state index is 13.1. The molecule has 2 saturated carbocycles. The molecule has 6 rings (SSSR count). The number of unbranched alkanes of at least 4 members (excludes halogenated alkanes) is 4. The van der Waals surface area contributed by atoms with Gasteiger partial charge >= 0.3 is 23.5 Å². The summed E-state index contributed by atoms with van der Waals surface area (Å²) in [5, 5.41) is 26.8. The van der Waals surface area contributed by atoms with Crippen molar-refractivity contribution in [3.8, 4) is 0 Å². The fourth-order valence-electron chi connectivity index (χ4n) is 8.70. The molecule has 3 heterocycles. The van der Waals surface area contributed by atoms with Gasteiger partial charge in [0.15, 0.2) is 17.7 Å². The van der Waals surface area contributed by atoms with Gasteiger partial charge in [-0.1, -0.05) is 70.7 Å². The number of aliphatic hydroxyl groups is 2. The van der Waals surface area contributed by atoms with Crippen LogP contribution in [0.5, 0.6) is 0 Å². The first-order valence-electron chi connectivity index (χ1n) is 24.3. The van der Waals surface area contributed by atoms with Crippen LogP contribution in [-0.2, 0) is 63.5 Å². The molecule has 72 heavy (non-hydrogen) atoms. The quantitative estimate of drug-likeness (QED) is 0.0298. The molecular formula is C45H70N7O17P3. The Balaban J connectivity index is 0.836. The number of nitrogens with two attached hydrogens (primary N) is 1.